The average Bonchev–Trinajstić information content (AvgIpc) is 3.18. The minimum absolute atomic E-state index is 0.0174. The molecule has 1 fully saturated rings. The number of hydrogen-bond acceptors (Lipinski definition) is 5. The zero-order valence-corrected chi connectivity index (χ0v) is 16.8. The highest BCUT2D eigenvalue weighted by Crippen LogP contribution is 2.48. The molecule has 1 aliphatic carbocycles. The van der Waals surface area contributed by atoms with Gasteiger partial charge < -0.3 is 5.11 Å². The molecule has 2 aromatic rings. The van der Waals surface area contributed by atoms with E-state index in [1.807, 2.05) is 30.3 Å². The zero-order chi connectivity index (χ0) is 19.6. The number of carboxylic acid groups (broad SMARTS) is 1. The number of aromatic carboxylic acids is 1. The van der Waals surface area contributed by atoms with Gasteiger partial charge in [-0.15, -0.1) is 5.10 Å². The van der Waals surface area contributed by atoms with E-state index in [0.717, 1.165) is 42.1 Å². The Morgan fingerprint density at radius 2 is 1.96 bits per heavy atom. The van der Waals surface area contributed by atoms with E-state index in [4.69, 9.17) is 11.6 Å². The number of nitrogens with one attached hydrogen (secondary N) is 1. The number of benzene rings is 1. The van der Waals surface area contributed by atoms with E-state index in [1.165, 1.54) is 18.2 Å². The second-order valence-electron chi connectivity index (χ2n) is 6.99. The maximum absolute atomic E-state index is 11.5. The molecule has 2 N–H and O–H groups in total. The van der Waals surface area contributed by atoms with Gasteiger partial charge in [-0.1, -0.05) is 77.5 Å². The van der Waals surface area contributed by atoms with Gasteiger partial charge in [0.05, 0.1) is 4.87 Å². The predicted molar refractivity (Wildman–Crippen MR) is 110 cm³/mol. The van der Waals surface area contributed by atoms with Crippen molar-refractivity contribution < 1.29 is 9.90 Å². The Hall–Kier alpha value is -2.09. The molecule has 1 aromatic carbocycles. The molecule has 1 aromatic heterocycles. The molecule has 2 heterocycles. The second-order valence-corrected chi connectivity index (χ2v) is 8.74. The zero-order valence-electron chi connectivity index (χ0n) is 15.3. The molecule has 6 nitrogen and oxygen atoms in total. The van der Waals surface area contributed by atoms with E-state index in [0.29, 0.717) is 11.4 Å². The molecule has 0 amide bonds. The van der Waals surface area contributed by atoms with Crippen LogP contribution in [0.5, 0.6) is 0 Å². The Morgan fingerprint density at radius 1 is 1.21 bits per heavy atom. The Kier molecular flexibility index (Phi) is 5.57. The summed E-state index contributed by atoms with van der Waals surface area (Å²) in [7, 11) is 0. The normalized spacial score (nSPS) is 23.2. The van der Waals surface area contributed by atoms with Crippen molar-refractivity contribution in [3.63, 3.8) is 0 Å². The van der Waals surface area contributed by atoms with Gasteiger partial charge in [0, 0.05) is 11.5 Å². The lowest BCUT2D eigenvalue weighted by Crippen LogP contribution is -2.48. The molecule has 146 valence electrons. The SMILES string of the molecule is O=C(O)c1[nH]nnc1SC1(N2CCCCC2)C=CC(c2ccccc2)=C(Cl)C1. The number of carboxylic acids is 1. The summed E-state index contributed by atoms with van der Waals surface area (Å²) in [4.78, 5) is 13.4. The van der Waals surface area contributed by atoms with Gasteiger partial charge in [-0.3, -0.25) is 10.00 Å². The van der Waals surface area contributed by atoms with Gasteiger partial charge in [0.15, 0.2) is 10.7 Å². The van der Waals surface area contributed by atoms with E-state index in [-0.39, 0.29) is 5.69 Å². The van der Waals surface area contributed by atoms with Crippen LogP contribution in [0.2, 0.25) is 0 Å². The summed E-state index contributed by atoms with van der Waals surface area (Å²) in [5.41, 5.74) is 2.10. The first-order valence-corrected chi connectivity index (χ1v) is 10.5. The molecule has 1 aliphatic heterocycles. The molecule has 1 unspecified atom stereocenters. The standard InChI is InChI=1S/C20H21ClN4O2S/c21-16-13-20(25-11-5-2-6-12-25,28-18-17(19(26)27)22-24-23-18)10-9-15(16)14-7-3-1-4-8-14/h1,3-4,7-10H,2,5-6,11-13H2,(H,26,27)(H,22,23,24). The third-order valence-electron chi connectivity index (χ3n) is 5.19. The molecule has 2 aliphatic rings. The second kappa shape index (κ2) is 8.11. The minimum atomic E-state index is -1.06. The highest BCUT2D eigenvalue weighted by molar-refractivity contribution is 8.00. The number of thioether (sulfide) groups is 1. The molecule has 0 radical (unpaired) electrons. The number of aromatic nitrogens is 3. The van der Waals surface area contributed by atoms with Crippen LogP contribution >= 0.6 is 23.4 Å². The van der Waals surface area contributed by atoms with Crippen LogP contribution in [0.25, 0.3) is 5.57 Å². The van der Waals surface area contributed by atoms with Crippen LogP contribution < -0.4 is 0 Å². The summed E-state index contributed by atoms with van der Waals surface area (Å²) in [6, 6.07) is 10.1. The lowest BCUT2D eigenvalue weighted by Gasteiger charge is -2.44. The molecule has 4 rings (SSSR count). The average molecular weight is 417 g/mol. The summed E-state index contributed by atoms with van der Waals surface area (Å²) >= 11 is 8.21. The molecule has 8 heteroatoms. The fourth-order valence-electron chi connectivity index (χ4n) is 3.77. The van der Waals surface area contributed by atoms with E-state index < -0.39 is 10.8 Å². The summed E-state index contributed by atoms with van der Waals surface area (Å²) in [6.07, 6.45) is 8.25. The summed E-state index contributed by atoms with van der Waals surface area (Å²) < 4.78 is 0. The van der Waals surface area contributed by atoms with Crippen LogP contribution in [0.1, 0.15) is 41.7 Å². The molecule has 0 saturated carbocycles. The van der Waals surface area contributed by atoms with Crippen LogP contribution in [0.4, 0.5) is 0 Å². The molecule has 0 spiro atoms. The van der Waals surface area contributed by atoms with Gasteiger partial charge in [-0.2, -0.15) is 0 Å². The quantitative estimate of drug-likeness (QED) is 0.752. The maximum Gasteiger partial charge on any atom is 0.356 e. The van der Waals surface area contributed by atoms with E-state index in [2.05, 4.69) is 32.5 Å². The number of aromatic amines is 1. The van der Waals surface area contributed by atoms with Crippen molar-refractivity contribution in [1.82, 2.24) is 20.3 Å². The van der Waals surface area contributed by atoms with Crippen molar-refractivity contribution in [3.8, 4) is 0 Å². The van der Waals surface area contributed by atoms with E-state index >= 15 is 0 Å². The number of halogens is 1. The number of allylic oxidation sites excluding steroid dienone is 2. The number of carbonyl (C=O) groups is 1. The lowest BCUT2D eigenvalue weighted by molar-refractivity contribution is 0.0686. The Bertz CT molecular complexity index is 921. The third-order valence-corrected chi connectivity index (χ3v) is 6.90. The van der Waals surface area contributed by atoms with Crippen molar-refractivity contribution in [2.45, 2.75) is 35.6 Å². The van der Waals surface area contributed by atoms with E-state index in [9.17, 15) is 9.90 Å². The highest BCUT2D eigenvalue weighted by atomic mass is 35.5. The fourth-order valence-corrected chi connectivity index (χ4v) is 5.54. The lowest BCUT2D eigenvalue weighted by atomic mass is 9.94. The molecular formula is C20H21ClN4O2S. The number of likely N-dealkylation sites (tertiary alicyclic amines) is 1. The Balaban J connectivity index is 1.70. The van der Waals surface area contributed by atoms with Crippen LogP contribution in [0.15, 0.2) is 52.5 Å². The van der Waals surface area contributed by atoms with Crippen LogP contribution in [-0.4, -0.2) is 49.3 Å². The smallest absolute Gasteiger partial charge is 0.356 e. The van der Waals surface area contributed by atoms with Gasteiger partial charge in [0.25, 0.3) is 0 Å². The summed E-state index contributed by atoms with van der Waals surface area (Å²) in [5, 5.41) is 20.8. The molecule has 0 bridgehead atoms. The first kappa shape index (κ1) is 19.2. The third kappa shape index (κ3) is 3.74. The van der Waals surface area contributed by atoms with Crippen molar-refractivity contribution in [3.05, 3.63) is 58.8 Å². The van der Waals surface area contributed by atoms with Gasteiger partial charge in [0.1, 0.15) is 0 Å². The molecule has 1 saturated heterocycles. The number of piperidine rings is 1. The first-order valence-electron chi connectivity index (χ1n) is 9.31. The largest absolute Gasteiger partial charge is 0.476 e. The predicted octanol–water partition coefficient (Wildman–Crippen LogP) is 4.39. The van der Waals surface area contributed by atoms with E-state index in [1.54, 1.807) is 0 Å². The van der Waals surface area contributed by atoms with Crippen LogP contribution in [0, 0.1) is 0 Å². The van der Waals surface area contributed by atoms with Crippen molar-refractivity contribution in [1.29, 1.82) is 0 Å². The monoisotopic (exact) mass is 416 g/mol. The molecule has 28 heavy (non-hydrogen) atoms. The molecular weight excluding hydrogens is 396 g/mol. The van der Waals surface area contributed by atoms with Crippen LogP contribution in [0.3, 0.4) is 0 Å². The number of nitrogens with zero attached hydrogens (tertiary/aromatic N) is 3. The number of rotatable bonds is 5. The van der Waals surface area contributed by atoms with Crippen molar-refractivity contribution in [2.24, 2.45) is 0 Å². The summed E-state index contributed by atoms with van der Waals surface area (Å²) in [5.74, 6) is -1.06. The summed E-state index contributed by atoms with van der Waals surface area (Å²) in [6.45, 7) is 1.89. The number of hydrogen-bond donors (Lipinski definition) is 2. The van der Waals surface area contributed by atoms with Crippen LogP contribution in [-0.2, 0) is 0 Å². The number of H-pyrrole nitrogens is 1. The van der Waals surface area contributed by atoms with Crippen molar-refractivity contribution >= 4 is 34.9 Å². The highest BCUT2D eigenvalue weighted by Gasteiger charge is 2.41. The van der Waals surface area contributed by atoms with Gasteiger partial charge in [0.2, 0.25) is 0 Å². The maximum atomic E-state index is 11.5. The Labute approximate surface area is 172 Å². The molecule has 1 atom stereocenters. The van der Waals surface area contributed by atoms with Gasteiger partial charge in [-0.25, -0.2) is 4.79 Å². The Morgan fingerprint density at radius 3 is 2.64 bits per heavy atom. The van der Waals surface area contributed by atoms with Crippen molar-refractivity contribution in [2.75, 3.05) is 13.1 Å². The van der Waals surface area contributed by atoms with Gasteiger partial charge in [-0.05, 0) is 37.1 Å². The minimum Gasteiger partial charge on any atom is -0.476 e. The fraction of sp³-hybridized carbons (Fsp3) is 0.350. The first-order chi connectivity index (χ1) is 13.6. The topological polar surface area (TPSA) is 82.1 Å². The van der Waals surface area contributed by atoms with Gasteiger partial charge >= 0.3 is 5.97 Å².